The van der Waals surface area contributed by atoms with E-state index in [1.807, 2.05) is 50.2 Å². The van der Waals surface area contributed by atoms with Crippen molar-refractivity contribution in [1.82, 2.24) is 10.3 Å². The largest absolute Gasteiger partial charge is 0.480 e. The lowest BCUT2D eigenvalue weighted by atomic mass is 9.98. The Morgan fingerprint density at radius 1 is 0.943 bits per heavy atom. The Hall–Kier alpha value is -4.20. The van der Waals surface area contributed by atoms with Crippen molar-refractivity contribution in [3.63, 3.8) is 0 Å². The number of aliphatic carboxylic acids is 1. The summed E-state index contributed by atoms with van der Waals surface area (Å²) in [7, 11) is 0. The lowest BCUT2D eigenvalue weighted by Crippen LogP contribution is -2.42. The number of hydrogen-bond donors (Lipinski definition) is 3. The third kappa shape index (κ3) is 5.48. The van der Waals surface area contributed by atoms with Crippen molar-refractivity contribution in [3.8, 4) is 11.1 Å². The minimum absolute atomic E-state index is 0.00328. The van der Waals surface area contributed by atoms with E-state index in [4.69, 9.17) is 4.74 Å². The molecule has 0 aliphatic heterocycles. The van der Waals surface area contributed by atoms with Crippen molar-refractivity contribution < 1.29 is 24.2 Å². The molecule has 2 aromatic carbocycles. The average Bonchev–Trinajstić information content (AvgIpc) is 3.16. The van der Waals surface area contributed by atoms with Crippen molar-refractivity contribution in [2.75, 3.05) is 11.9 Å². The molecule has 180 valence electrons. The first-order chi connectivity index (χ1) is 16.8. The number of hydrogen-bond acceptors (Lipinski definition) is 5. The molecule has 0 fully saturated rings. The lowest BCUT2D eigenvalue weighted by Gasteiger charge is -2.16. The minimum Gasteiger partial charge on any atom is -0.480 e. The van der Waals surface area contributed by atoms with Gasteiger partial charge in [0.1, 0.15) is 24.2 Å². The maximum atomic E-state index is 12.5. The third-order valence-corrected chi connectivity index (χ3v) is 5.87. The molecule has 3 N–H and O–H groups in total. The molecule has 0 radical (unpaired) electrons. The number of carbonyl (C=O) groups excluding carboxylic acids is 2. The zero-order chi connectivity index (χ0) is 24.9. The van der Waals surface area contributed by atoms with Gasteiger partial charge < -0.3 is 15.2 Å². The van der Waals surface area contributed by atoms with Gasteiger partial charge >= 0.3 is 12.1 Å². The van der Waals surface area contributed by atoms with Crippen LogP contribution in [0.1, 0.15) is 47.8 Å². The second-order valence-electron chi connectivity index (χ2n) is 8.85. The van der Waals surface area contributed by atoms with E-state index in [9.17, 15) is 19.5 Å². The Labute approximate surface area is 203 Å². The van der Waals surface area contributed by atoms with Gasteiger partial charge in [-0.05, 0) is 46.7 Å². The number of aromatic nitrogens is 1. The van der Waals surface area contributed by atoms with Crippen LogP contribution in [0.15, 0.2) is 66.7 Å². The number of carbonyl (C=O) groups is 3. The number of anilines is 1. The highest BCUT2D eigenvalue weighted by atomic mass is 16.5. The zero-order valence-electron chi connectivity index (χ0n) is 19.5. The predicted molar refractivity (Wildman–Crippen MR) is 131 cm³/mol. The van der Waals surface area contributed by atoms with E-state index >= 15 is 0 Å². The van der Waals surface area contributed by atoms with Gasteiger partial charge in [0, 0.05) is 5.92 Å². The van der Waals surface area contributed by atoms with Crippen molar-refractivity contribution in [3.05, 3.63) is 83.6 Å². The molecule has 8 heteroatoms. The van der Waals surface area contributed by atoms with Crippen LogP contribution in [0.4, 0.5) is 10.6 Å². The molecule has 0 unspecified atom stereocenters. The summed E-state index contributed by atoms with van der Waals surface area (Å²) in [5.74, 6) is -1.60. The molecule has 1 heterocycles. The van der Waals surface area contributed by atoms with E-state index in [1.165, 1.54) is 12.1 Å². The van der Waals surface area contributed by atoms with E-state index < -0.39 is 24.0 Å². The molecule has 0 saturated heterocycles. The van der Waals surface area contributed by atoms with Gasteiger partial charge in [0.05, 0.1) is 0 Å². The average molecular weight is 474 g/mol. The predicted octanol–water partition coefficient (Wildman–Crippen LogP) is 4.67. The highest BCUT2D eigenvalue weighted by Gasteiger charge is 2.29. The number of carboxylic acids is 1. The SMILES string of the molecule is CC(C)C[C@H](NC(=O)c1cccc(NC(=O)OCC2c3ccccc3-c3ccccc32)n1)C(=O)O. The molecule has 0 saturated carbocycles. The summed E-state index contributed by atoms with van der Waals surface area (Å²) in [5, 5.41) is 14.4. The topological polar surface area (TPSA) is 118 Å². The van der Waals surface area contributed by atoms with Gasteiger partial charge in [-0.15, -0.1) is 0 Å². The van der Waals surface area contributed by atoms with Gasteiger partial charge in [0.15, 0.2) is 0 Å². The van der Waals surface area contributed by atoms with Crippen molar-refractivity contribution >= 4 is 23.8 Å². The van der Waals surface area contributed by atoms with Crippen LogP contribution < -0.4 is 10.6 Å². The summed E-state index contributed by atoms with van der Waals surface area (Å²) in [4.78, 5) is 40.6. The molecule has 1 aliphatic carbocycles. The number of fused-ring (bicyclic) bond motifs is 3. The molecule has 0 bridgehead atoms. The van der Waals surface area contributed by atoms with Crippen LogP contribution in [0.25, 0.3) is 11.1 Å². The summed E-state index contributed by atoms with van der Waals surface area (Å²) in [6.07, 6.45) is -0.404. The van der Waals surface area contributed by atoms with Gasteiger partial charge in [-0.25, -0.2) is 14.6 Å². The molecular weight excluding hydrogens is 446 g/mol. The van der Waals surface area contributed by atoms with E-state index in [2.05, 4.69) is 27.8 Å². The molecule has 8 nitrogen and oxygen atoms in total. The lowest BCUT2D eigenvalue weighted by molar-refractivity contribution is -0.139. The van der Waals surface area contributed by atoms with E-state index in [1.54, 1.807) is 6.07 Å². The molecule has 1 atom stereocenters. The fourth-order valence-electron chi connectivity index (χ4n) is 4.29. The quantitative estimate of drug-likeness (QED) is 0.438. The zero-order valence-corrected chi connectivity index (χ0v) is 19.5. The van der Waals surface area contributed by atoms with Gasteiger partial charge in [0.2, 0.25) is 0 Å². The number of nitrogens with one attached hydrogen (secondary N) is 2. The summed E-state index contributed by atoms with van der Waals surface area (Å²) in [6, 6.07) is 19.6. The van der Waals surface area contributed by atoms with Gasteiger partial charge in [-0.3, -0.25) is 10.1 Å². The Bertz CT molecular complexity index is 1210. The summed E-state index contributed by atoms with van der Waals surface area (Å²) < 4.78 is 5.52. The van der Waals surface area contributed by atoms with Gasteiger partial charge in [-0.1, -0.05) is 68.4 Å². The Morgan fingerprint density at radius 3 is 2.17 bits per heavy atom. The van der Waals surface area contributed by atoms with Crippen LogP contribution in [0.2, 0.25) is 0 Å². The van der Waals surface area contributed by atoms with Crippen LogP contribution >= 0.6 is 0 Å². The first kappa shape index (κ1) is 23.9. The Balaban J connectivity index is 1.39. The summed E-state index contributed by atoms with van der Waals surface area (Å²) in [6.45, 7) is 3.90. The monoisotopic (exact) mass is 473 g/mol. The van der Waals surface area contributed by atoms with Crippen LogP contribution in [0, 0.1) is 5.92 Å². The van der Waals surface area contributed by atoms with Crippen molar-refractivity contribution in [2.24, 2.45) is 5.92 Å². The van der Waals surface area contributed by atoms with E-state index in [0.29, 0.717) is 6.42 Å². The number of amides is 2. The second-order valence-corrected chi connectivity index (χ2v) is 8.85. The molecular formula is C27H27N3O5. The standard InChI is InChI=1S/C27H27N3O5/c1-16(2)14-23(26(32)33)29-25(31)22-12-7-13-24(28-22)30-27(34)35-15-21-19-10-5-3-8-17(19)18-9-4-6-11-20(18)21/h3-13,16,21,23H,14-15H2,1-2H3,(H,29,31)(H,32,33)(H,28,30,34)/t23-/m0/s1. The molecule has 2 amide bonds. The first-order valence-electron chi connectivity index (χ1n) is 11.5. The number of benzene rings is 2. The number of carboxylic acid groups (broad SMARTS) is 1. The van der Waals surface area contributed by atoms with E-state index in [0.717, 1.165) is 22.3 Å². The van der Waals surface area contributed by atoms with Crippen molar-refractivity contribution in [2.45, 2.75) is 32.2 Å². The first-order valence-corrected chi connectivity index (χ1v) is 11.5. The maximum absolute atomic E-state index is 12.5. The smallest absolute Gasteiger partial charge is 0.412 e. The molecule has 3 aromatic rings. The second kappa shape index (κ2) is 10.4. The highest BCUT2D eigenvalue weighted by molar-refractivity contribution is 5.95. The summed E-state index contributed by atoms with van der Waals surface area (Å²) >= 11 is 0. The Morgan fingerprint density at radius 2 is 1.57 bits per heavy atom. The number of ether oxygens (including phenoxy) is 1. The fourth-order valence-corrected chi connectivity index (χ4v) is 4.29. The van der Waals surface area contributed by atoms with Gasteiger partial charge in [-0.2, -0.15) is 0 Å². The third-order valence-electron chi connectivity index (χ3n) is 5.87. The molecule has 35 heavy (non-hydrogen) atoms. The van der Waals surface area contributed by atoms with E-state index in [-0.39, 0.29) is 30.0 Å². The van der Waals surface area contributed by atoms with Crippen LogP contribution in [-0.2, 0) is 9.53 Å². The number of pyridine rings is 1. The molecule has 0 spiro atoms. The maximum Gasteiger partial charge on any atom is 0.412 e. The number of rotatable bonds is 8. The van der Waals surface area contributed by atoms with Crippen LogP contribution in [0.5, 0.6) is 0 Å². The van der Waals surface area contributed by atoms with Crippen LogP contribution in [0.3, 0.4) is 0 Å². The minimum atomic E-state index is -1.11. The fraction of sp³-hybridized carbons (Fsp3) is 0.259. The van der Waals surface area contributed by atoms with Crippen molar-refractivity contribution in [1.29, 1.82) is 0 Å². The molecule has 4 rings (SSSR count). The van der Waals surface area contributed by atoms with Gasteiger partial charge in [0.25, 0.3) is 5.91 Å². The molecule has 1 aromatic heterocycles. The number of nitrogens with zero attached hydrogens (tertiary/aromatic N) is 1. The summed E-state index contributed by atoms with van der Waals surface area (Å²) in [5.41, 5.74) is 4.47. The Kier molecular flexibility index (Phi) is 7.10. The molecule has 1 aliphatic rings. The van der Waals surface area contributed by atoms with Crippen LogP contribution in [-0.4, -0.2) is 40.7 Å². The highest BCUT2D eigenvalue weighted by Crippen LogP contribution is 2.44. The normalized spacial score (nSPS) is 13.0.